The highest BCUT2D eigenvalue weighted by atomic mass is 16.2. The van der Waals surface area contributed by atoms with E-state index >= 15 is 0 Å². The van der Waals surface area contributed by atoms with E-state index in [1.807, 2.05) is 56.3 Å². The van der Waals surface area contributed by atoms with Crippen molar-refractivity contribution in [1.29, 1.82) is 0 Å². The molecule has 0 radical (unpaired) electrons. The molecular formula is C24H24N2O2. The van der Waals surface area contributed by atoms with Gasteiger partial charge in [0.2, 0.25) is 0 Å². The van der Waals surface area contributed by atoms with Crippen molar-refractivity contribution in [2.75, 3.05) is 5.32 Å². The van der Waals surface area contributed by atoms with Crippen LogP contribution < -0.4 is 10.6 Å². The Hall–Kier alpha value is -3.40. The van der Waals surface area contributed by atoms with Crippen LogP contribution in [-0.4, -0.2) is 17.9 Å². The van der Waals surface area contributed by atoms with Crippen LogP contribution in [0.25, 0.3) is 11.1 Å². The molecule has 3 aromatic rings. The van der Waals surface area contributed by atoms with Gasteiger partial charge in [-0.05, 0) is 48.7 Å². The van der Waals surface area contributed by atoms with E-state index in [1.54, 1.807) is 36.4 Å². The molecule has 2 N–H and O–H groups in total. The van der Waals surface area contributed by atoms with E-state index in [0.717, 1.165) is 17.5 Å². The van der Waals surface area contributed by atoms with Gasteiger partial charge in [-0.15, -0.1) is 0 Å². The molecule has 28 heavy (non-hydrogen) atoms. The Morgan fingerprint density at radius 2 is 1.39 bits per heavy atom. The second kappa shape index (κ2) is 9.00. The lowest BCUT2D eigenvalue weighted by atomic mass is 10.0. The molecule has 0 saturated carbocycles. The van der Waals surface area contributed by atoms with Gasteiger partial charge in [-0.1, -0.05) is 61.5 Å². The first-order valence-electron chi connectivity index (χ1n) is 9.45. The van der Waals surface area contributed by atoms with Gasteiger partial charge in [0.15, 0.2) is 0 Å². The Labute approximate surface area is 165 Å². The van der Waals surface area contributed by atoms with Gasteiger partial charge in [0.25, 0.3) is 11.8 Å². The maximum Gasteiger partial charge on any atom is 0.255 e. The summed E-state index contributed by atoms with van der Waals surface area (Å²) in [5.74, 6) is -0.437. The maximum atomic E-state index is 12.7. The predicted octanol–water partition coefficient (Wildman–Crippen LogP) is 5.13. The Balaban J connectivity index is 1.76. The monoisotopic (exact) mass is 372 g/mol. The van der Waals surface area contributed by atoms with Gasteiger partial charge in [-0.25, -0.2) is 0 Å². The molecule has 142 valence electrons. The summed E-state index contributed by atoms with van der Waals surface area (Å²) >= 11 is 0. The van der Waals surface area contributed by atoms with Crippen molar-refractivity contribution < 1.29 is 9.59 Å². The summed E-state index contributed by atoms with van der Waals surface area (Å²) in [6, 6.07) is 24.5. The Bertz CT molecular complexity index is 950. The topological polar surface area (TPSA) is 58.2 Å². The van der Waals surface area contributed by atoms with E-state index in [1.165, 1.54) is 0 Å². The summed E-state index contributed by atoms with van der Waals surface area (Å²) in [7, 11) is 0. The first-order chi connectivity index (χ1) is 13.6. The molecule has 3 rings (SSSR count). The molecule has 0 bridgehead atoms. The van der Waals surface area contributed by atoms with Crippen LogP contribution in [0.5, 0.6) is 0 Å². The second-order valence-corrected chi connectivity index (χ2v) is 6.73. The minimum Gasteiger partial charge on any atom is -0.350 e. The van der Waals surface area contributed by atoms with E-state index < -0.39 is 0 Å². The molecule has 4 heteroatoms. The van der Waals surface area contributed by atoms with Crippen LogP contribution in [0.2, 0.25) is 0 Å². The number of anilines is 1. The number of hydrogen-bond donors (Lipinski definition) is 2. The third-order valence-corrected chi connectivity index (χ3v) is 4.66. The zero-order valence-electron chi connectivity index (χ0n) is 16.1. The largest absolute Gasteiger partial charge is 0.350 e. The molecule has 0 aliphatic heterocycles. The number of amides is 2. The van der Waals surface area contributed by atoms with Crippen LogP contribution >= 0.6 is 0 Å². The number of carbonyl (C=O) groups is 2. The van der Waals surface area contributed by atoms with Crippen molar-refractivity contribution in [3.8, 4) is 11.1 Å². The minimum atomic E-state index is -0.247. The quantitative estimate of drug-likeness (QED) is 0.630. The molecule has 2 amide bonds. The van der Waals surface area contributed by atoms with Crippen molar-refractivity contribution >= 4 is 17.5 Å². The standard InChI is InChI=1S/C24H24N2O2/c1-3-17(2)25-24(28)21-11-7-8-12-22(21)26-23(27)20-15-13-19(14-16-20)18-9-5-4-6-10-18/h4-17H,3H2,1-2H3,(H,25,28)(H,26,27)/t17-/m1/s1. The fourth-order valence-electron chi connectivity index (χ4n) is 2.83. The third-order valence-electron chi connectivity index (χ3n) is 4.66. The smallest absolute Gasteiger partial charge is 0.255 e. The van der Waals surface area contributed by atoms with Gasteiger partial charge in [0, 0.05) is 11.6 Å². The highest BCUT2D eigenvalue weighted by Crippen LogP contribution is 2.21. The molecule has 1 atom stereocenters. The van der Waals surface area contributed by atoms with E-state index in [-0.39, 0.29) is 17.9 Å². The van der Waals surface area contributed by atoms with Gasteiger partial charge in [-0.3, -0.25) is 9.59 Å². The summed E-state index contributed by atoms with van der Waals surface area (Å²) in [6.45, 7) is 3.96. The van der Waals surface area contributed by atoms with Gasteiger partial charge in [0.05, 0.1) is 11.3 Å². The fourth-order valence-corrected chi connectivity index (χ4v) is 2.83. The summed E-state index contributed by atoms with van der Waals surface area (Å²) in [5, 5.41) is 5.79. The average Bonchev–Trinajstić information content (AvgIpc) is 2.74. The average molecular weight is 372 g/mol. The van der Waals surface area contributed by atoms with Crippen molar-refractivity contribution in [1.82, 2.24) is 5.32 Å². The van der Waals surface area contributed by atoms with E-state index in [9.17, 15) is 9.59 Å². The summed E-state index contributed by atoms with van der Waals surface area (Å²) < 4.78 is 0. The summed E-state index contributed by atoms with van der Waals surface area (Å²) in [6.07, 6.45) is 0.841. The predicted molar refractivity (Wildman–Crippen MR) is 113 cm³/mol. The number of hydrogen-bond acceptors (Lipinski definition) is 2. The highest BCUT2D eigenvalue weighted by Gasteiger charge is 2.15. The number of nitrogens with one attached hydrogen (secondary N) is 2. The van der Waals surface area contributed by atoms with Crippen molar-refractivity contribution in [3.63, 3.8) is 0 Å². The maximum absolute atomic E-state index is 12.7. The van der Waals surface area contributed by atoms with Crippen LogP contribution in [0.1, 0.15) is 41.0 Å². The van der Waals surface area contributed by atoms with Gasteiger partial charge in [0.1, 0.15) is 0 Å². The Morgan fingerprint density at radius 3 is 2.07 bits per heavy atom. The zero-order valence-corrected chi connectivity index (χ0v) is 16.1. The normalized spacial score (nSPS) is 11.5. The van der Waals surface area contributed by atoms with Crippen molar-refractivity contribution in [3.05, 3.63) is 90.0 Å². The molecule has 0 unspecified atom stereocenters. The number of carbonyl (C=O) groups excluding carboxylic acids is 2. The lowest BCUT2D eigenvalue weighted by Crippen LogP contribution is -2.32. The molecule has 0 fully saturated rings. The Kier molecular flexibility index (Phi) is 6.22. The molecule has 4 nitrogen and oxygen atoms in total. The van der Waals surface area contributed by atoms with Gasteiger partial charge in [-0.2, -0.15) is 0 Å². The van der Waals surface area contributed by atoms with Crippen LogP contribution in [0.3, 0.4) is 0 Å². The molecule has 0 aliphatic carbocycles. The molecule has 0 heterocycles. The summed E-state index contributed by atoms with van der Waals surface area (Å²) in [4.78, 5) is 25.2. The first-order valence-corrected chi connectivity index (χ1v) is 9.45. The van der Waals surface area contributed by atoms with Crippen LogP contribution in [0, 0.1) is 0 Å². The molecule has 0 spiro atoms. The van der Waals surface area contributed by atoms with Gasteiger partial charge < -0.3 is 10.6 Å². The van der Waals surface area contributed by atoms with Crippen molar-refractivity contribution in [2.45, 2.75) is 26.3 Å². The lowest BCUT2D eigenvalue weighted by Gasteiger charge is -2.14. The van der Waals surface area contributed by atoms with Crippen LogP contribution in [0.15, 0.2) is 78.9 Å². The van der Waals surface area contributed by atoms with E-state index in [4.69, 9.17) is 0 Å². The van der Waals surface area contributed by atoms with Gasteiger partial charge >= 0.3 is 0 Å². The minimum absolute atomic E-state index is 0.0711. The lowest BCUT2D eigenvalue weighted by molar-refractivity contribution is 0.0940. The fraction of sp³-hybridized carbons (Fsp3) is 0.167. The molecule has 0 aromatic heterocycles. The first kappa shape index (κ1) is 19.4. The molecular weight excluding hydrogens is 348 g/mol. The zero-order chi connectivity index (χ0) is 19.9. The Morgan fingerprint density at radius 1 is 0.786 bits per heavy atom. The number of rotatable bonds is 6. The SMILES string of the molecule is CC[C@@H](C)NC(=O)c1ccccc1NC(=O)c1ccc(-c2ccccc2)cc1. The second-order valence-electron chi connectivity index (χ2n) is 6.73. The van der Waals surface area contributed by atoms with Crippen LogP contribution in [0.4, 0.5) is 5.69 Å². The van der Waals surface area contributed by atoms with Crippen LogP contribution in [-0.2, 0) is 0 Å². The highest BCUT2D eigenvalue weighted by molar-refractivity contribution is 6.09. The number of benzene rings is 3. The molecule has 0 saturated heterocycles. The summed E-state index contributed by atoms with van der Waals surface area (Å²) in [5.41, 5.74) is 3.64. The van der Waals surface area contributed by atoms with E-state index in [2.05, 4.69) is 10.6 Å². The van der Waals surface area contributed by atoms with Crippen molar-refractivity contribution in [2.24, 2.45) is 0 Å². The van der Waals surface area contributed by atoms with E-state index in [0.29, 0.717) is 16.8 Å². The molecule has 3 aromatic carbocycles. The number of para-hydroxylation sites is 1. The molecule has 0 aliphatic rings. The third kappa shape index (κ3) is 4.65.